The summed E-state index contributed by atoms with van der Waals surface area (Å²) in [5.74, 6) is -1.39. The van der Waals surface area contributed by atoms with Crippen molar-refractivity contribution in [3.63, 3.8) is 0 Å². The molecule has 5 unspecified atom stereocenters. The lowest BCUT2D eigenvalue weighted by Crippen LogP contribution is -2.43. The molecule has 1 amide bonds. The molecule has 1 fully saturated rings. The molecule has 0 radical (unpaired) electrons. The van der Waals surface area contributed by atoms with E-state index in [1.807, 2.05) is 80.7 Å². The molecule has 1 saturated heterocycles. The first kappa shape index (κ1) is 30.4. The Morgan fingerprint density at radius 1 is 0.951 bits per heavy atom. The van der Waals surface area contributed by atoms with Crippen LogP contribution < -0.4 is 5.32 Å². The lowest BCUT2D eigenvalue weighted by molar-refractivity contribution is -0.253. The number of aliphatic hydroxyl groups excluding tert-OH is 2. The molecule has 0 bridgehead atoms. The normalized spacial score (nSPS) is 20.4. The van der Waals surface area contributed by atoms with Gasteiger partial charge in [0, 0.05) is 36.7 Å². The molecular formula is C32H38N2O7. The van der Waals surface area contributed by atoms with Crippen LogP contribution in [0.2, 0.25) is 0 Å². The molecule has 3 aromatic rings. The second-order valence-electron chi connectivity index (χ2n) is 10.4. The number of hydrogen-bond acceptors (Lipinski definition) is 7. The number of carbonyl (C=O) groups is 2. The molecule has 4 N–H and O–H groups in total. The minimum Gasteiger partial charge on any atom is -0.481 e. The van der Waals surface area contributed by atoms with Gasteiger partial charge in [-0.25, -0.2) is 0 Å². The first-order chi connectivity index (χ1) is 19.7. The van der Waals surface area contributed by atoms with Crippen LogP contribution >= 0.6 is 0 Å². The summed E-state index contributed by atoms with van der Waals surface area (Å²) in [4.78, 5) is 24.8. The molecule has 218 valence electrons. The molecule has 4 rings (SSSR count). The average Bonchev–Trinajstić information content (AvgIpc) is 3.00. The summed E-state index contributed by atoms with van der Waals surface area (Å²) in [5.41, 5.74) is 3.97. The van der Waals surface area contributed by atoms with Gasteiger partial charge < -0.3 is 30.1 Å². The summed E-state index contributed by atoms with van der Waals surface area (Å²) in [7, 11) is 1.97. The van der Waals surface area contributed by atoms with Gasteiger partial charge in [0.2, 0.25) is 5.91 Å². The number of aliphatic hydroxyl groups is 2. The van der Waals surface area contributed by atoms with Crippen LogP contribution in [-0.4, -0.2) is 57.8 Å². The number of carboxylic acid groups (broad SMARTS) is 1. The third-order valence-corrected chi connectivity index (χ3v) is 7.43. The maximum Gasteiger partial charge on any atom is 0.303 e. The Labute approximate surface area is 240 Å². The van der Waals surface area contributed by atoms with Gasteiger partial charge in [-0.2, -0.15) is 0 Å². The number of anilines is 1. The van der Waals surface area contributed by atoms with Gasteiger partial charge in [0.15, 0.2) is 6.29 Å². The van der Waals surface area contributed by atoms with E-state index >= 15 is 0 Å². The topological polar surface area (TPSA) is 129 Å². The zero-order valence-corrected chi connectivity index (χ0v) is 23.3. The first-order valence-corrected chi connectivity index (χ1v) is 13.8. The summed E-state index contributed by atoms with van der Waals surface area (Å²) in [6.07, 6.45) is -1.52. The van der Waals surface area contributed by atoms with E-state index in [-0.39, 0.29) is 43.6 Å². The number of nitrogens with zero attached hydrogens (tertiary/aromatic N) is 1. The highest BCUT2D eigenvalue weighted by Crippen LogP contribution is 2.38. The Bertz CT molecular complexity index is 1270. The van der Waals surface area contributed by atoms with Crippen molar-refractivity contribution >= 4 is 17.6 Å². The van der Waals surface area contributed by atoms with Crippen LogP contribution in [0.15, 0.2) is 78.9 Å². The zero-order valence-electron chi connectivity index (χ0n) is 23.3. The van der Waals surface area contributed by atoms with Crippen LogP contribution in [0, 0.1) is 0 Å². The predicted octanol–water partition coefficient (Wildman–Crippen LogP) is 4.58. The highest BCUT2D eigenvalue weighted by atomic mass is 16.7. The van der Waals surface area contributed by atoms with Crippen molar-refractivity contribution in [2.75, 3.05) is 18.9 Å². The second kappa shape index (κ2) is 14.3. The van der Waals surface area contributed by atoms with Gasteiger partial charge in [-0.05, 0) is 42.8 Å². The number of rotatable bonds is 12. The van der Waals surface area contributed by atoms with Crippen molar-refractivity contribution in [2.24, 2.45) is 0 Å². The number of carboxylic acids is 1. The van der Waals surface area contributed by atoms with Gasteiger partial charge in [-0.3, -0.25) is 14.5 Å². The minimum absolute atomic E-state index is 0.0359. The predicted molar refractivity (Wildman–Crippen MR) is 154 cm³/mol. The lowest BCUT2D eigenvalue weighted by atomic mass is 9.98. The molecule has 5 atom stereocenters. The van der Waals surface area contributed by atoms with E-state index in [1.165, 1.54) is 0 Å². The maximum absolute atomic E-state index is 12.0. The SMILES string of the molecule is CC(C(O)c1ccccc1)N(C)CC1CC(c2ccc(CO)cc2)OC(c2ccc(NC(=O)CCC(=O)O)cc2)O1. The van der Waals surface area contributed by atoms with E-state index in [0.717, 1.165) is 22.3 Å². The highest BCUT2D eigenvalue weighted by Gasteiger charge is 2.34. The van der Waals surface area contributed by atoms with E-state index in [4.69, 9.17) is 14.6 Å². The summed E-state index contributed by atoms with van der Waals surface area (Å²) in [6, 6.07) is 24.2. The minimum atomic E-state index is -1.02. The fraction of sp³-hybridized carbons (Fsp3) is 0.375. The van der Waals surface area contributed by atoms with Crippen LogP contribution in [0.4, 0.5) is 5.69 Å². The molecule has 0 aliphatic carbocycles. The average molecular weight is 563 g/mol. The molecule has 0 saturated carbocycles. The number of amides is 1. The molecule has 9 nitrogen and oxygen atoms in total. The number of benzene rings is 3. The van der Waals surface area contributed by atoms with Crippen molar-refractivity contribution < 1.29 is 34.4 Å². The molecule has 9 heteroatoms. The Kier molecular flexibility index (Phi) is 10.6. The first-order valence-electron chi connectivity index (χ1n) is 13.8. The fourth-order valence-electron chi connectivity index (χ4n) is 4.86. The van der Waals surface area contributed by atoms with Gasteiger partial charge in [-0.1, -0.05) is 66.7 Å². The van der Waals surface area contributed by atoms with Crippen molar-refractivity contribution in [1.29, 1.82) is 0 Å². The van der Waals surface area contributed by atoms with Crippen LogP contribution in [-0.2, 0) is 25.7 Å². The van der Waals surface area contributed by atoms with Crippen LogP contribution in [0.5, 0.6) is 0 Å². The molecule has 0 spiro atoms. The number of hydrogen-bond donors (Lipinski definition) is 4. The van der Waals surface area contributed by atoms with Crippen molar-refractivity contribution in [3.8, 4) is 0 Å². The van der Waals surface area contributed by atoms with Crippen molar-refractivity contribution in [2.45, 2.75) is 63.4 Å². The summed E-state index contributed by atoms with van der Waals surface area (Å²) < 4.78 is 12.8. The van der Waals surface area contributed by atoms with Gasteiger partial charge >= 0.3 is 5.97 Å². The lowest BCUT2D eigenvalue weighted by Gasteiger charge is -2.39. The van der Waals surface area contributed by atoms with Crippen LogP contribution in [0.25, 0.3) is 0 Å². The van der Waals surface area contributed by atoms with Crippen molar-refractivity contribution in [1.82, 2.24) is 4.90 Å². The van der Waals surface area contributed by atoms with Gasteiger partial charge in [0.1, 0.15) is 0 Å². The van der Waals surface area contributed by atoms with E-state index in [2.05, 4.69) is 10.2 Å². The highest BCUT2D eigenvalue weighted by molar-refractivity contribution is 5.92. The number of nitrogens with one attached hydrogen (secondary N) is 1. The molecular weight excluding hydrogens is 524 g/mol. The summed E-state index contributed by atoms with van der Waals surface area (Å²) >= 11 is 0. The monoisotopic (exact) mass is 562 g/mol. The molecule has 1 heterocycles. The Balaban J connectivity index is 1.48. The largest absolute Gasteiger partial charge is 0.481 e. The Morgan fingerprint density at radius 3 is 2.24 bits per heavy atom. The number of likely N-dealkylation sites (N-methyl/N-ethyl adjacent to an activating group) is 1. The van der Waals surface area contributed by atoms with E-state index in [9.17, 15) is 19.8 Å². The molecule has 1 aliphatic rings. The maximum atomic E-state index is 12.0. The van der Waals surface area contributed by atoms with E-state index in [0.29, 0.717) is 18.7 Å². The smallest absolute Gasteiger partial charge is 0.303 e. The van der Waals surface area contributed by atoms with E-state index < -0.39 is 18.4 Å². The second-order valence-corrected chi connectivity index (χ2v) is 10.4. The quantitative estimate of drug-likeness (QED) is 0.253. The molecule has 1 aliphatic heterocycles. The molecule has 3 aromatic carbocycles. The van der Waals surface area contributed by atoms with E-state index in [1.54, 1.807) is 12.1 Å². The summed E-state index contributed by atoms with van der Waals surface area (Å²) in [5, 5.41) is 31.9. The van der Waals surface area contributed by atoms with Gasteiger partial charge in [0.25, 0.3) is 0 Å². The third kappa shape index (κ3) is 8.45. The molecule has 0 aromatic heterocycles. The standard InChI is InChI=1S/C32H38N2O7/c1-21(31(39)24-6-4-3-5-7-24)34(2)19-27-18-28(23-10-8-22(20-35)9-11-23)41-32(40-27)25-12-14-26(15-13-25)33-29(36)16-17-30(37)38/h3-15,21,27-28,31-32,35,39H,16-20H2,1-2H3,(H,33,36)(H,37,38). The number of ether oxygens (including phenoxy) is 2. The zero-order chi connectivity index (χ0) is 29.4. The fourth-order valence-corrected chi connectivity index (χ4v) is 4.86. The van der Waals surface area contributed by atoms with Crippen LogP contribution in [0.3, 0.4) is 0 Å². The Hall–Kier alpha value is -3.60. The van der Waals surface area contributed by atoms with Crippen LogP contribution in [0.1, 0.15) is 66.9 Å². The number of carbonyl (C=O) groups excluding carboxylic acids is 1. The third-order valence-electron chi connectivity index (χ3n) is 7.43. The Morgan fingerprint density at radius 2 is 1.61 bits per heavy atom. The van der Waals surface area contributed by atoms with Crippen molar-refractivity contribution in [3.05, 3.63) is 101 Å². The van der Waals surface area contributed by atoms with Gasteiger partial charge in [0.05, 0.1) is 31.3 Å². The van der Waals surface area contributed by atoms with Gasteiger partial charge in [-0.15, -0.1) is 0 Å². The number of aliphatic carboxylic acids is 1. The molecule has 41 heavy (non-hydrogen) atoms. The summed E-state index contributed by atoms with van der Waals surface area (Å²) in [6.45, 7) is 2.52.